The predicted molar refractivity (Wildman–Crippen MR) is 127 cm³/mol. The van der Waals surface area contributed by atoms with E-state index < -0.39 is 0 Å². The minimum absolute atomic E-state index is 0. The molecular formula is C22H31Cl2N5O. The first kappa shape index (κ1) is 24.4. The van der Waals surface area contributed by atoms with Gasteiger partial charge in [-0.2, -0.15) is 0 Å². The molecular weight excluding hydrogens is 421 g/mol. The number of anilines is 2. The molecule has 0 unspecified atom stereocenters. The van der Waals surface area contributed by atoms with E-state index in [9.17, 15) is 4.79 Å². The van der Waals surface area contributed by atoms with Crippen LogP contribution in [-0.2, 0) is 4.79 Å². The van der Waals surface area contributed by atoms with Crippen molar-refractivity contribution in [2.45, 2.75) is 39.2 Å². The Morgan fingerprint density at radius 3 is 2.23 bits per heavy atom. The summed E-state index contributed by atoms with van der Waals surface area (Å²) in [5.41, 5.74) is 2.69. The van der Waals surface area contributed by atoms with Crippen LogP contribution >= 0.6 is 24.8 Å². The third kappa shape index (κ3) is 6.30. The molecule has 30 heavy (non-hydrogen) atoms. The molecule has 0 atom stereocenters. The van der Waals surface area contributed by atoms with E-state index >= 15 is 0 Å². The van der Waals surface area contributed by atoms with Crippen LogP contribution in [0.2, 0.25) is 0 Å². The smallest absolute Gasteiger partial charge is 0.224 e. The maximum Gasteiger partial charge on any atom is 0.224 e. The number of aromatic nitrogens is 2. The third-order valence-corrected chi connectivity index (χ3v) is 5.64. The van der Waals surface area contributed by atoms with Crippen molar-refractivity contribution in [3.63, 3.8) is 0 Å². The van der Waals surface area contributed by atoms with E-state index in [1.54, 1.807) is 0 Å². The Labute approximate surface area is 191 Å². The molecule has 1 aliphatic carbocycles. The lowest BCUT2D eigenvalue weighted by Gasteiger charge is -2.37. The summed E-state index contributed by atoms with van der Waals surface area (Å²) in [5.74, 6) is 1.65. The lowest BCUT2D eigenvalue weighted by atomic mass is 10.1. The number of benzene rings is 1. The molecule has 1 saturated heterocycles. The summed E-state index contributed by atoms with van der Waals surface area (Å²) in [6.45, 7) is 8.59. The quantitative estimate of drug-likeness (QED) is 0.710. The van der Waals surface area contributed by atoms with Crippen LogP contribution in [0, 0.1) is 5.92 Å². The van der Waals surface area contributed by atoms with Crippen molar-refractivity contribution in [3.05, 3.63) is 36.7 Å². The van der Waals surface area contributed by atoms with Gasteiger partial charge in [0.2, 0.25) is 5.91 Å². The number of amides is 1. The molecule has 1 saturated carbocycles. The first-order chi connectivity index (χ1) is 13.6. The van der Waals surface area contributed by atoms with Gasteiger partial charge in [-0.1, -0.05) is 12.1 Å². The molecule has 1 aromatic carbocycles. The van der Waals surface area contributed by atoms with E-state index in [-0.39, 0.29) is 30.7 Å². The fourth-order valence-electron chi connectivity index (χ4n) is 3.62. The highest BCUT2D eigenvalue weighted by atomic mass is 35.5. The van der Waals surface area contributed by atoms with Crippen molar-refractivity contribution in [2.75, 3.05) is 36.4 Å². The number of carbonyl (C=O) groups excluding carboxylic acids is 1. The predicted octanol–water partition coefficient (Wildman–Crippen LogP) is 4.26. The van der Waals surface area contributed by atoms with Crippen LogP contribution in [-0.4, -0.2) is 53.0 Å². The molecule has 1 amide bonds. The van der Waals surface area contributed by atoms with E-state index in [1.807, 2.05) is 36.7 Å². The topological polar surface area (TPSA) is 61.4 Å². The zero-order valence-corrected chi connectivity index (χ0v) is 19.2. The molecule has 2 heterocycles. The largest absolute Gasteiger partial charge is 0.353 e. The fraction of sp³-hybridized carbons (Fsp3) is 0.500. The van der Waals surface area contributed by atoms with E-state index in [1.165, 1.54) is 12.8 Å². The Kier molecular flexibility index (Phi) is 8.89. The molecule has 164 valence electrons. The van der Waals surface area contributed by atoms with Gasteiger partial charge in [-0.05, 0) is 44.7 Å². The molecule has 0 bridgehead atoms. The highest BCUT2D eigenvalue weighted by Gasteiger charge is 2.24. The number of nitrogens with one attached hydrogen (secondary N) is 1. The third-order valence-electron chi connectivity index (χ3n) is 5.64. The zero-order valence-electron chi connectivity index (χ0n) is 17.6. The number of hydrogen-bond donors (Lipinski definition) is 1. The minimum atomic E-state index is 0. The number of carbonyl (C=O) groups is 1. The first-order valence-corrected chi connectivity index (χ1v) is 10.3. The van der Waals surface area contributed by atoms with Crippen molar-refractivity contribution in [2.24, 2.45) is 5.92 Å². The Bertz CT molecular complexity index is 801. The number of nitrogens with zero attached hydrogens (tertiary/aromatic N) is 4. The van der Waals surface area contributed by atoms with Gasteiger partial charge in [0.25, 0.3) is 0 Å². The molecule has 0 spiro atoms. The number of halogens is 2. The highest BCUT2D eigenvalue weighted by Crippen LogP contribution is 2.32. The van der Waals surface area contributed by atoms with Crippen molar-refractivity contribution in [1.82, 2.24) is 14.9 Å². The Hall–Kier alpha value is -1.89. The summed E-state index contributed by atoms with van der Waals surface area (Å²) in [4.78, 5) is 26.0. The first-order valence-electron chi connectivity index (χ1n) is 10.3. The Morgan fingerprint density at radius 2 is 1.70 bits per heavy atom. The summed E-state index contributed by atoms with van der Waals surface area (Å²) >= 11 is 0. The molecule has 4 rings (SSSR count). The second-order valence-corrected chi connectivity index (χ2v) is 8.15. The highest BCUT2D eigenvalue weighted by molar-refractivity contribution is 5.91. The SMILES string of the molecule is CC(C)N1CCN(c2cnc(-c3ccc(NC(=O)CC4CC4)cc3)cn2)CC1.Cl.Cl. The fourth-order valence-corrected chi connectivity index (χ4v) is 3.62. The van der Waals surface area contributed by atoms with Crippen LogP contribution < -0.4 is 10.2 Å². The van der Waals surface area contributed by atoms with E-state index in [4.69, 9.17) is 0 Å². The van der Waals surface area contributed by atoms with Gasteiger partial charge < -0.3 is 10.2 Å². The van der Waals surface area contributed by atoms with E-state index in [2.05, 4.69) is 38.9 Å². The molecule has 1 aromatic heterocycles. The summed E-state index contributed by atoms with van der Waals surface area (Å²) in [6.07, 6.45) is 6.72. The van der Waals surface area contributed by atoms with E-state index in [0.717, 1.165) is 48.9 Å². The summed E-state index contributed by atoms with van der Waals surface area (Å²) in [6, 6.07) is 8.43. The molecule has 6 nitrogen and oxygen atoms in total. The molecule has 1 N–H and O–H groups in total. The van der Waals surface area contributed by atoms with Crippen LogP contribution in [0.1, 0.15) is 33.1 Å². The average Bonchev–Trinajstić information content (AvgIpc) is 3.53. The Balaban J connectivity index is 0.00000160. The van der Waals surface area contributed by atoms with Gasteiger partial charge in [0.05, 0.1) is 18.1 Å². The summed E-state index contributed by atoms with van der Waals surface area (Å²) in [5, 5.41) is 2.97. The van der Waals surface area contributed by atoms with Gasteiger partial charge in [-0.3, -0.25) is 14.7 Å². The molecule has 0 radical (unpaired) electrons. The Morgan fingerprint density at radius 1 is 1.03 bits per heavy atom. The molecule has 2 aliphatic rings. The van der Waals surface area contributed by atoms with Crippen molar-refractivity contribution < 1.29 is 4.79 Å². The number of hydrogen-bond acceptors (Lipinski definition) is 5. The molecule has 2 fully saturated rings. The lowest BCUT2D eigenvalue weighted by molar-refractivity contribution is -0.116. The monoisotopic (exact) mass is 451 g/mol. The average molecular weight is 452 g/mol. The maximum atomic E-state index is 11.9. The lowest BCUT2D eigenvalue weighted by Crippen LogP contribution is -2.49. The molecule has 8 heteroatoms. The van der Waals surface area contributed by atoms with Gasteiger partial charge in [0, 0.05) is 49.9 Å². The van der Waals surface area contributed by atoms with Crippen molar-refractivity contribution in [1.29, 1.82) is 0 Å². The molecule has 1 aliphatic heterocycles. The second-order valence-electron chi connectivity index (χ2n) is 8.15. The second kappa shape index (κ2) is 10.9. The van der Waals surface area contributed by atoms with E-state index in [0.29, 0.717) is 18.4 Å². The van der Waals surface area contributed by atoms with Gasteiger partial charge in [-0.25, -0.2) is 4.98 Å². The minimum Gasteiger partial charge on any atom is -0.353 e. The van der Waals surface area contributed by atoms with Crippen LogP contribution in [0.4, 0.5) is 11.5 Å². The van der Waals surface area contributed by atoms with Gasteiger partial charge >= 0.3 is 0 Å². The maximum absolute atomic E-state index is 11.9. The van der Waals surface area contributed by atoms with Gasteiger partial charge in [0.1, 0.15) is 5.82 Å². The van der Waals surface area contributed by atoms with Gasteiger partial charge in [-0.15, -0.1) is 24.8 Å². The summed E-state index contributed by atoms with van der Waals surface area (Å²) in [7, 11) is 0. The molecule has 2 aromatic rings. The van der Waals surface area contributed by atoms with Gasteiger partial charge in [0.15, 0.2) is 0 Å². The number of rotatable bonds is 6. The van der Waals surface area contributed by atoms with Crippen LogP contribution in [0.3, 0.4) is 0 Å². The van der Waals surface area contributed by atoms with Crippen LogP contribution in [0.25, 0.3) is 11.3 Å². The van der Waals surface area contributed by atoms with Crippen molar-refractivity contribution in [3.8, 4) is 11.3 Å². The van der Waals surface area contributed by atoms with Crippen molar-refractivity contribution >= 4 is 42.2 Å². The van der Waals surface area contributed by atoms with Crippen LogP contribution in [0.5, 0.6) is 0 Å². The van der Waals surface area contributed by atoms with Crippen LogP contribution in [0.15, 0.2) is 36.7 Å². The zero-order chi connectivity index (χ0) is 19.5. The number of piperazine rings is 1. The summed E-state index contributed by atoms with van der Waals surface area (Å²) < 4.78 is 0. The standard InChI is InChI=1S/C22H29N5O.2ClH/c1-16(2)26-9-11-27(12-10-26)21-15-23-20(14-24-21)18-5-7-19(8-6-18)25-22(28)13-17-3-4-17;;/h5-8,14-17H,3-4,9-13H2,1-2H3,(H,25,28);2*1H. The normalized spacial score (nSPS) is 16.6.